The minimum Gasteiger partial charge on any atom is -0.460 e. The lowest BCUT2D eigenvalue weighted by molar-refractivity contribution is -0.148. The van der Waals surface area contributed by atoms with Gasteiger partial charge in [0.15, 0.2) is 0 Å². The number of rotatable bonds is 7. The second kappa shape index (κ2) is 7.89. The number of benzene rings is 1. The summed E-state index contributed by atoms with van der Waals surface area (Å²) in [5.74, 6) is -0.515. The van der Waals surface area contributed by atoms with Crippen LogP contribution in [-0.4, -0.2) is 30.3 Å². The Kier molecular flexibility index (Phi) is 6.46. The van der Waals surface area contributed by atoms with Gasteiger partial charge in [0.2, 0.25) is 0 Å². The van der Waals surface area contributed by atoms with Gasteiger partial charge in [0.1, 0.15) is 18.9 Å². The third-order valence-electron chi connectivity index (χ3n) is 2.49. The molecule has 5 heteroatoms. The van der Waals surface area contributed by atoms with E-state index >= 15 is 0 Å². The van der Waals surface area contributed by atoms with Crippen molar-refractivity contribution in [1.29, 1.82) is 0 Å². The summed E-state index contributed by atoms with van der Waals surface area (Å²) in [6, 6.07) is 8.45. The van der Waals surface area contributed by atoms with Gasteiger partial charge in [-0.25, -0.2) is 0 Å². The summed E-state index contributed by atoms with van der Waals surface area (Å²) in [6.07, 6.45) is 2.57. The van der Waals surface area contributed by atoms with Crippen molar-refractivity contribution >= 4 is 24.0 Å². The van der Waals surface area contributed by atoms with E-state index in [1.165, 1.54) is 11.8 Å². The highest BCUT2D eigenvalue weighted by Crippen LogP contribution is 2.09. The molecule has 0 saturated carbocycles. The van der Waals surface area contributed by atoms with Crippen LogP contribution in [0.3, 0.4) is 0 Å². The fourth-order valence-electron chi connectivity index (χ4n) is 1.42. The number of carbonyl (C=O) groups excluding carboxylic acids is 2. The van der Waals surface area contributed by atoms with Gasteiger partial charge in [-0.2, -0.15) is 11.8 Å². The smallest absolute Gasteiger partial charge is 0.324 e. The van der Waals surface area contributed by atoms with Crippen LogP contribution >= 0.6 is 11.8 Å². The summed E-state index contributed by atoms with van der Waals surface area (Å²) in [7, 11) is 0. The molecular weight excluding hydrogens is 250 g/mol. The van der Waals surface area contributed by atoms with E-state index in [-0.39, 0.29) is 6.61 Å². The first-order valence-corrected chi connectivity index (χ1v) is 6.98. The molecule has 98 valence electrons. The molecule has 0 fully saturated rings. The van der Waals surface area contributed by atoms with Crippen molar-refractivity contribution in [2.45, 2.75) is 12.6 Å². The second-order valence-electron chi connectivity index (χ2n) is 3.87. The van der Waals surface area contributed by atoms with E-state index in [1.54, 1.807) is 0 Å². The number of esters is 1. The highest BCUT2D eigenvalue weighted by Gasteiger charge is 2.25. The van der Waals surface area contributed by atoms with E-state index < -0.39 is 17.9 Å². The molecule has 0 amide bonds. The third kappa shape index (κ3) is 4.50. The van der Waals surface area contributed by atoms with Crippen LogP contribution in [0.1, 0.15) is 5.56 Å². The molecule has 2 N–H and O–H groups in total. The van der Waals surface area contributed by atoms with E-state index in [2.05, 4.69) is 0 Å². The van der Waals surface area contributed by atoms with Gasteiger partial charge >= 0.3 is 5.97 Å². The van der Waals surface area contributed by atoms with Crippen molar-refractivity contribution in [2.24, 2.45) is 11.7 Å². The van der Waals surface area contributed by atoms with E-state index in [0.717, 1.165) is 5.56 Å². The first kappa shape index (κ1) is 14.7. The molecule has 1 aromatic carbocycles. The van der Waals surface area contributed by atoms with Crippen LogP contribution in [0.2, 0.25) is 0 Å². The fourth-order valence-corrected chi connectivity index (χ4v) is 2.09. The molecule has 1 aromatic rings. The van der Waals surface area contributed by atoms with Crippen molar-refractivity contribution < 1.29 is 14.3 Å². The van der Waals surface area contributed by atoms with Crippen LogP contribution in [0.15, 0.2) is 30.3 Å². The maximum atomic E-state index is 11.7. The van der Waals surface area contributed by atoms with E-state index in [0.29, 0.717) is 12.0 Å². The Labute approximate surface area is 111 Å². The lowest BCUT2D eigenvalue weighted by Gasteiger charge is -2.16. The molecule has 0 spiro atoms. The molecule has 1 rings (SSSR count). The first-order chi connectivity index (χ1) is 8.69. The fraction of sp³-hybridized carbons (Fsp3) is 0.385. The van der Waals surface area contributed by atoms with E-state index in [1.807, 2.05) is 36.6 Å². The number of ether oxygens (including phenoxy) is 1. The number of thioether (sulfide) groups is 1. The zero-order chi connectivity index (χ0) is 13.4. The van der Waals surface area contributed by atoms with Gasteiger partial charge in [0, 0.05) is 11.7 Å². The van der Waals surface area contributed by atoms with Gasteiger partial charge < -0.3 is 15.3 Å². The first-order valence-electron chi connectivity index (χ1n) is 5.59. The summed E-state index contributed by atoms with van der Waals surface area (Å²) in [5.41, 5.74) is 6.60. The zero-order valence-electron chi connectivity index (χ0n) is 10.2. The molecule has 0 saturated heterocycles. The number of carbonyl (C=O) groups is 2. The van der Waals surface area contributed by atoms with Crippen LogP contribution < -0.4 is 5.73 Å². The lowest BCUT2D eigenvalue weighted by Crippen LogP contribution is -2.41. The average Bonchev–Trinajstić information content (AvgIpc) is 2.42. The van der Waals surface area contributed by atoms with Gasteiger partial charge in [-0.05, 0) is 11.8 Å². The minimum atomic E-state index is -0.890. The van der Waals surface area contributed by atoms with Gasteiger partial charge in [0.25, 0.3) is 0 Å². The molecule has 2 atom stereocenters. The molecule has 0 radical (unpaired) electrons. The third-order valence-corrected chi connectivity index (χ3v) is 3.21. The van der Waals surface area contributed by atoms with Crippen LogP contribution in [0, 0.1) is 5.92 Å². The lowest BCUT2D eigenvalue weighted by atomic mass is 10.1. The quantitative estimate of drug-likeness (QED) is 0.594. The van der Waals surface area contributed by atoms with Crippen LogP contribution in [0.25, 0.3) is 0 Å². The van der Waals surface area contributed by atoms with E-state index in [4.69, 9.17) is 10.5 Å². The predicted molar refractivity (Wildman–Crippen MR) is 72.1 cm³/mol. The van der Waals surface area contributed by atoms with Crippen molar-refractivity contribution in [3.8, 4) is 0 Å². The monoisotopic (exact) mass is 267 g/mol. The number of hydrogen-bond donors (Lipinski definition) is 1. The largest absolute Gasteiger partial charge is 0.460 e. The van der Waals surface area contributed by atoms with Crippen LogP contribution in [0.4, 0.5) is 0 Å². The van der Waals surface area contributed by atoms with Crippen LogP contribution in [0.5, 0.6) is 0 Å². The Morgan fingerprint density at radius 1 is 1.44 bits per heavy atom. The standard InChI is InChI=1S/C13H17NO3S/c1-18-9-11(7-15)12(14)13(16)17-8-10-5-3-2-4-6-10/h2-7,11-12H,8-9,14H2,1H3. The molecule has 0 aliphatic rings. The summed E-state index contributed by atoms with van der Waals surface area (Å²) >= 11 is 1.48. The Hall–Kier alpha value is -1.33. The highest BCUT2D eigenvalue weighted by atomic mass is 32.2. The molecule has 0 bridgehead atoms. The molecule has 0 aliphatic carbocycles. The molecular formula is C13H17NO3S. The second-order valence-corrected chi connectivity index (χ2v) is 4.79. The minimum absolute atomic E-state index is 0.179. The van der Waals surface area contributed by atoms with Gasteiger partial charge in [-0.3, -0.25) is 4.79 Å². The van der Waals surface area contributed by atoms with Crippen molar-refractivity contribution in [3.05, 3.63) is 35.9 Å². The summed E-state index contributed by atoms with van der Waals surface area (Å²) in [6.45, 7) is 0.179. The molecule has 0 heterocycles. The summed E-state index contributed by atoms with van der Waals surface area (Å²) in [5, 5.41) is 0. The number of hydrogen-bond acceptors (Lipinski definition) is 5. The zero-order valence-corrected chi connectivity index (χ0v) is 11.1. The Balaban J connectivity index is 2.47. The summed E-state index contributed by atoms with van der Waals surface area (Å²) in [4.78, 5) is 22.5. The van der Waals surface area contributed by atoms with Gasteiger partial charge in [0.05, 0.1) is 0 Å². The molecule has 0 aliphatic heterocycles. The SMILES string of the molecule is CSCC(C=O)C(N)C(=O)OCc1ccccc1. The van der Waals surface area contributed by atoms with Crippen molar-refractivity contribution in [3.63, 3.8) is 0 Å². The van der Waals surface area contributed by atoms with Crippen molar-refractivity contribution in [1.82, 2.24) is 0 Å². The van der Waals surface area contributed by atoms with E-state index in [9.17, 15) is 9.59 Å². The molecule has 4 nitrogen and oxygen atoms in total. The molecule has 0 aromatic heterocycles. The Morgan fingerprint density at radius 2 is 2.11 bits per heavy atom. The molecule has 18 heavy (non-hydrogen) atoms. The van der Waals surface area contributed by atoms with Gasteiger partial charge in [-0.15, -0.1) is 0 Å². The molecule has 2 unspecified atom stereocenters. The predicted octanol–water partition coefficient (Wildman–Crippen LogP) is 1.24. The van der Waals surface area contributed by atoms with Crippen molar-refractivity contribution in [2.75, 3.05) is 12.0 Å². The Morgan fingerprint density at radius 3 is 2.67 bits per heavy atom. The average molecular weight is 267 g/mol. The normalized spacial score (nSPS) is 13.7. The van der Waals surface area contributed by atoms with Gasteiger partial charge in [-0.1, -0.05) is 30.3 Å². The highest BCUT2D eigenvalue weighted by molar-refractivity contribution is 7.98. The van der Waals surface area contributed by atoms with Crippen LogP contribution in [-0.2, 0) is 20.9 Å². The topological polar surface area (TPSA) is 69.4 Å². The maximum absolute atomic E-state index is 11.7. The number of nitrogens with two attached hydrogens (primary N) is 1. The summed E-state index contributed by atoms with van der Waals surface area (Å²) < 4.78 is 5.09. The maximum Gasteiger partial charge on any atom is 0.324 e. The Bertz CT molecular complexity index is 383. The number of aldehydes is 1.